The van der Waals surface area contributed by atoms with Gasteiger partial charge in [-0.3, -0.25) is 14.5 Å². The predicted molar refractivity (Wildman–Crippen MR) is 117 cm³/mol. The molecule has 1 aromatic carbocycles. The van der Waals surface area contributed by atoms with E-state index in [1.165, 1.54) is 16.2 Å². The fraction of sp³-hybridized carbons (Fsp3) is 0.261. The maximum atomic E-state index is 13.0. The molecule has 0 spiro atoms. The molecule has 1 saturated heterocycles. The second kappa shape index (κ2) is 8.77. The second-order valence-electron chi connectivity index (χ2n) is 7.16. The van der Waals surface area contributed by atoms with Gasteiger partial charge in [0.1, 0.15) is 29.1 Å². The highest BCUT2D eigenvalue weighted by Gasteiger charge is 2.49. The number of anilines is 1. The molecule has 160 valence electrons. The summed E-state index contributed by atoms with van der Waals surface area (Å²) in [5.74, 6) is -0.237. The molecule has 4 rings (SSSR count). The minimum atomic E-state index is -0.912. The summed E-state index contributed by atoms with van der Waals surface area (Å²) >= 11 is 1.23. The van der Waals surface area contributed by atoms with E-state index in [4.69, 9.17) is 9.15 Å². The Labute approximate surface area is 183 Å². The van der Waals surface area contributed by atoms with E-state index in [2.05, 4.69) is 11.9 Å². The highest BCUT2D eigenvalue weighted by molar-refractivity contribution is 7.14. The third kappa shape index (κ3) is 3.98. The fourth-order valence-electron chi connectivity index (χ4n) is 3.46. The smallest absolute Gasteiger partial charge is 0.302 e. The second-order valence-corrected chi connectivity index (χ2v) is 8.04. The van der Waals surface area contributed by atoms with Crippen LogP contribution in [0.1, 0.15) is 42.9 Å². The van der Waals surface area contributed by atoms with Crippen molar-refractivity contribution in [1.29, 1.82) is 0 Å². The van der Waals surface area contributed by atoms with Gasteiger partial charge in [-0.2, -0.15) is 0 Å². The number of amides is 1. The summed E-state index contributed by atoms with van der Waals surface area (Å²) in [4.78, 5) is 31.4. The molecule has 0 radical (unpaired) electrons. The number of aromatic nitrogens is 1. The lowest BCUT2D eigenvalue weighted by Gasteiger charge is -2.20. The molecule has 31 heavy (non-hydrogen) atoms. The Bertz CT molecular complexity index is 1130. The van der Waals surface area contributed by atoms with Crippen molar-refractivity contribution in [1.82, 2.24) is 4.98 Å². The van der Waals surface area contributed by atoms with Crippen molar-refractivity contribution in [2.75, 3.05) is 11.5 Å². The maximum absolute atomic E-state index is 13.0. The van der Waals surface area contributed by atoms with Crippen molar-refractivity contribution in [2.24, 2.45) is 0 Å². The molecule has 1 fully saturated rings. The Morgan fingerprint density at radius 2 is 2.13 bits per heavy atom. The lowest BCUT2D eigenvalue weighted by Crippen LogP contribution is -2.29. The summed E-state index contributed by atoms with van der Waals surface area (Å²) in [5.41, 5.74) is 0.347. The van der Waals surface area contributed by atoms with Crippen LogP contribution in [0.5, 0.6) is 5.75 Å². The summed E-state index contributed by atoms with van der Waals surface area (Å²) < 4.78 is 11.5. The van der Waals surface area contributed by atoms with Gasteiger partial charge >= 0.3 is 5.91 Å². The van der Waals surface area contributed by atoms with E-state index in [9.17, 15) is 14.7 Å². The van der Waals surface area contributed by atoms with Crippen LogP contribution in [0.2, 0.25) is 0 Å². The zero-order valence-electron chi connectivity index (χ0n) is 17.2. The topological polar surface area (TPSA) is 92.9 Å². The predicted octanol–water partition coefficient (Wildman–Crippen LogP) is 4.85. The normalized spacial score (nSPS) is 18.0. The highest BCUT2D eigenvalue weighted by atomic mass is 32.1. The quantitative estimate of drug-likeness (QED) is 0.245. The highest BCUT2D eigenvalue weighted by Crippen LogP contribution is 2.43. The Hall–Kier alpha value is -3.39. The van der Waals surface area contributed by atoms with Gasteiger partial charge in [-0.1, -0.05) is 25.5 Å². The molecule has 0 saturated carbocycles. The molecule has 0 bridgehead atoms. The number of hydrogen-bond acceptors (Lipinski definition) is 7. The molecule has 1 unspecified atom stereocenters. The van der Waals surface area contributed by atoms with Gasteiger partial charge in [0.05, 0.1) is 12.2 Å². The summed E-state index contributed by atoms with van der Waals surface area (Å²) in [6.07, 6.45) is 3.47. The average Bonchev–Trinajstić information content (AvgIpc) is 3.49. The number of thiazole rings is 1. The van der Waals surface area contributed by atoms with Crippen molar-refractivity contribution < 1.29 is 23.8 Å². The van der Waals surface area contributed by atoms with Crippen molar-refractivity contribution in [3.05, 3.63) is 70.6 Å². The summed E-state index contributed by atoms with van der Waals surface area (Å²) in [7, 11) is 0. The van der Waals surface area contributed by atoms with Crippen LogP contribution >= 0.6 is 11.3 Å². The number of aliphatic hydroxyl groups excluding tert-OH is 1. The molecule has 3 aromatic rings. The van der Waals surface area contributed by atoms with Crippen LogP contribution in [0, 0.1) is 6.92 Å². The van der Waals surface area contributed by atoms with E-state index < -0.39 is 17.7 Å². The minimum Gasteiger partial charge on any atom is -0.507 e. The summed E-state index contributed by atoms with van der Waals surface area (Å²) in [6.45, 7) is 4.40. The Morgan fingerprint density at radius 3 is 2.81 bits per heavy atom. The maximum Gasteiger partial charge on any atom is 0.302 e. The Balaban J connectivity index is 1.81. The molecule has 2 aromatic heterocycles. The number of rotatable bonds is 7. The van der Waals surface area contributed by atoms with Crippen LogP contribution in [-0.2, 0) is 9.59 Å². The van der Waals surface area contributed by atoms with Crippen molar-refractivity contribution >= 4 is 33.9 Å². The van der Waals surface area contributed by atoms with Gasteiger partial charge in [0, 0.05) is 17.1 Å². The molecule has 1 N–H and O–H groups in total. The number of nitrogens with zero attached hydrogens (tertiary/aromatic N) is 2. The first-order valence-corrected chi connectivity index (χ1v) is 10.9. The van der Waals surface area contributed by atoms with Gasteiger partial charge in [0.15, 0.2) is 5.13 Å². The van der Waals surface area contributed by atoms with Crippen LogP contribution in [0.25, 0.3) is 5.76 Å². The van der Waals surface area contributed by atoms with Gasteiger partial charge in [0.25, 0.3) is 5.78 Å². The molecule has 0 aliphatic carbocycles. The minimum absolute atomic E-state index is 0.0414. The number of ketones is 1. The van der Waals surface area contributed by atoms with Gasteiger partial charge in [0.2, 0.25) is 0 Å². The zero-order chi connectivity index (χ0) is 22.0. The number of unbranched alkanes of at least 4 members (excludes halogenated alkanes) is 1. The third-order valence-electron chi connectivity index (χ3n) is 4.97. The fourth-order valence-corrected chi connectivity index (χ4v) is 4.12. The molecule has 7 nitrogen and oxygen atoms in total. The van der Waals surface area contributed by atoms with Gasteiger partial charge < -0.3 is 14.3 Å². The first-order chi connectivity index (χ1) is 15.0. The van der Waals surface area contributed by atoms with Crippen molar-refractivity contribution in [3.63, 3.8) is 0 Å². The van der Waals surface area contributed by atoms with Gasteiger partial charge in [-0.25, -0.2) is 4.98 Å². The van der Waals surface area contributed by atoms with E-state index in [1.54, 1.807) is 54.9 Å². The van der Waals surface area contributed by atoms with Gasteiger partial charge in [-0.05, 0) is 37.6 Å². The number of carbonyl (C=O) groups excluding carboxylic acids is 2. The first-order valence-electron chi connectivity index (χ1n) is 10.0. The molecule has 1 amide bonds. The monoisotopic (exact) mass is 438 g/mol. The molecule has 3 heterocycles. The number of benzene rings is 1. The Morgan fingerprint density at radius 1 is 1.29 bits per heavy atom. The lowest BCUT2D eigenvalue weighted by atomic mass is 9.99. The lowest BCUT2D eigenvalue weighted by molar-refractivity contribution is -0.132. The van der Waals surface area contributed by atoms with Crippen LogP contribution < -0.4 is 9.64 Å². The number of carbonyl (C=O) groups is 2. The first kappa shape index (κ1) is 20.9. The number of ether oxygens (including phenoxy) is 1. The molecular weight excluding hydrogens is 416 g/mol. The molecule has 1 aliphatic heterocycles. The Kier molecular flexibility index (Phi) is 5.90. The molecular formula is C23H22N2O5S. The van der Waals surface area contributed by atoms with E-state index in [0.717, 1.165) is 12.8 Å². The van der Waals surface area contributed by atoms with E-state index in [0.29, 0.717) is 34.6 Å². The number of hydrogen-bond donors (Lipinski definition) is 1. The molecule has 1 aliphatic rings. The standard InChI is InChI=1S/C23H22N2O5S/c1-3-4-11-29-16-7-5-6-15(13-16)20(26)18-19(17-9-8-14(2)30-17)25(22(28)21(18)27)23-24-10-12-31-23/h5-10,12-13,19,26H,3-4,11H2,1-2H3/b20-18+. The van der Waals surface area contributed by atoms with E-state index in [-0.39, 0.29) is 11.3 Å². The van der Waals surface area contributed by atoms with Crippen LogP contribution in [0.15, 0.2) is 58.0 Å². The van der Waals surface area contributed by atoms with Crippen LogP contribution in [-0.4, -0.2) is 28.4 Å². The largest absolute Gasteiger partial charge is 0.507 e. The number of aliphatic hydroxyl groups is 1. The summed E-state index contributed by atoms with van der Waals surface area (Å²) in [6, 6.07) is 9.39. The molecule has 1 atom stereocenters. The summed E-state index contributed by atoms with van der Waals surface area (Å²) in [5, 5.41) is 13.2. The van der Waals surface area contributed by atoms with Crippen LogP contribution in [0.4, 0.5) is 5.13 Å². The molecule has 8 heteroatoms. The van der Waals surface area contributed by atoms with Crippen molar-refractivity contribution in [3.8, 4) is 5.75 Å². The zero-order valence-corrected chi connectivity index (χ0v) is 18.0. The van der Waals surface area contributed by atoms with E-state index >= 15 is 0 Å². The van der Waals surface area contributed by atoms with Gasteiger partial charge in [-0.15, -0.1) is 11.3 Å². The average molecular weight is 439 g/mol. The number of Topliss-reactive ketones (excluding diaryl/α,β-unsaturated/α-hetero) is 1. The van der Waals surface area contributed by atoms with Crippen molar-refractivity contribution in [2.45, 2.75) is 32.7 Å². The third-order valence-corrected chi connectivity index (χ3v) is 5.75. The number of furan rings is 1. The van der Waals surface area contributed by atoms with E-state index in [1.807, 2.05) is 0 Å². The SMILES string of the molecule is CCCCOc1cccc(/C(O)=C2\C(=O)C(=O)N(c3nccs3)C2c2ccc(C)o2)c1. The van der Waals surface area contributed by atoms with Crippen LogP contribution in [0.3, 0.4) is 0 Å². The number of aryl methyl sites for hydroxylation is 1.